The van der Waals surface area contributed by atoms with Crippen LogP contribution in [-0.2, 0) is 9.59 Å². The number of carbonyl (C=O) groups excluding carboxylic acids is 2. The Balaban J connectivity index is 1.51. The van der Waals surface area contributed by atoms with Gasteiger partial charge in [0.05, 0.1) is 16.1 Å². The standard InChI is InChI=1S/C22H18N4O2S2/c1-14(27)23-15-6-4-7-16(12-15)24-20(28)13-30-22-17-8-2-3-9-18(17)25-21(26-22)19-10-5-11-29-19/h2-12H,13H2,1H3,(H,23,27)(H,24,28). The summed E-state index contributed by atoms with van der Waals surface area (Å²) in [4.78, 5) is 34.1. The third-order valence-electron chi connectivity index (χ3n) is 4.12. The van der Waals surface area contributed by atoms with Gasteiger partial charge < -0.3 is 10.6 Å². The van der Waals surface area contributed by atoms with Gasteiger partial charge in [-0.25, -0.2) is 9.97 Å². The van der Waals surface area contributed by atoms with Crippen molar-refractivity contribution in [1.29, 1.82) is 0 Å². The fourth-order valence-corrected chi connectivity index (χ4v) is 4.36. The second-order valence-corrected chi connectivity index (χ2v) is 8.36. The first-order valence-electron chi connectivity index (χ1n) is 9.19. The van der Waals surface area contributed by atoms with Gasteiger partial charge in [-0.3, -0.25) is 9.59 Å². The number of hydrogen-bond donors (Lipinski definition) is 2. The molecule has 30 heavy (non-hydrogen) atoms. The van der Waals surface area contributed by atoms with E-state index in [1.807, 2.05) is 41.8 Å². The summed E-state index contributed by atoms with van der Waals surface area (Å²) in [5.41, 5.74) is 2.11. The van der Waals surface area contributed by atoms with Gasteiger partial charge in [0.15, 0.2) is 5.82 Å². The average Bonchev–Trinajstić information content (AvgIpc) is 3.26. The molecule has 2 N–H and O–H groups in total. The van der Waals surface area contributed by atoms with Gasteiger partial charge in [0.1, 0.15) is 5.03 Å². The molecule has 150 valence electrons. The third-order valence-corrected chi connectivity index (χ3v) is 5.97. The van der Waals surface area contributed by atoms with Crippen molar-refractivity contribution in [3.8, 4) is 10.7 Å². The molecule has 4 aromatic rings. The Morgan fingerprint density at radius 3 is 2.53 bits per heavy atom. The van der Waals surface area contributed by atoms with Crippen molar-refractivity contribution in [2.45, 2.75) is 11.9 Å². The zero-order chi connectivity index (χ0) is 20.9. The highest BCUT2D eigenvalue weighted by Crippen LogP contribution is 2.30. The molecule has 0 fully saturated rings. The van der Waals surface area contributed by atoms with Crippen molar-refractivity contribution in [3.05, 3.63) is 66.0 Å². The van der Waals surface area contributed by atoms with Crippen LogP contribution in [0.25, 0.3) is 21.6 Å². The number of anilines is 2. The Hall–Kier alpha value is -3.23. The number of aromatic nitrogens is 2. The molecule has 0 saturated heterocycles. The van der Waals surface area contributed by atoms with Crippen LogP contribution in [-0.4, -0.2) is 27.5 Å². The topological polar surface area (TPSA) is 84.0 Å². The van der Waals surface area contributed by atoms with Gasteiger partial charge in [-0.05, 0) is 35.7 Å². The van der Waals surface area contributed by atoms with Gasteiger partial charge in [0.2, 0.25) is 11.8 Å². The number of benzene rings is 2. The Morgan fingerprint density at radius 2 is 1.77 bits per heavy atom. The molecule has 4 rings (SSSR count). The fraction of sp³-hybridized carbons (Fsp3) is 0.0909. The van der Waals surface area contributed by atoms with Crippen molar-refractivity contribution in [2.24, 2.45) is 0 Å². The molecule has 0 spiro atoms. The average molecular weight is 435 g/mol. The monoisotopic (exact) mass is 434 g/mol. The molecule has 2 amide bonds. The molecule has 0 atom stereocenters. The van der Waals surface area contributed by atoms with Gasteiger partial charge in [0, 0.05) is 23.7 Å². The molecule has 2 aromatic carbocycles. The third kappa shape index (κ3) is 4.84. The van der Waals surface area contributed by atoms with E-state index in [0.29, 0.717) is 17.2 Å². The maximum atomic E-state index is 12.5. The van der Waals surface area contributed by atoms with Crippen molar-refractivity contribution in [1.82, 2.24) is 9.97 Å². The maximum Gasteiger partial charge on any atom is 0.234 e. The molecule has 0 aliphatic rings. The molecular formula is C22H18N4O2S2. The molecule has 0 saturated carbocycles. The molecule has 0 radical (unpaired) electrons. The number of thioether (sulfide) groups is 1. The first kappa shape index (κ1) is 20.1. The predicted molar refractivity (Wildman–Crippen MR) is 123 cm³/mol. The van der Waals surface area contributed by atoms with Gasteiger partial charge in [-0.1, -0.05) is 42.1 Å². The summed E-state index contributed by atoms with van der Waals surface area (Å²) in [5, 5.41) is 9.25. The van der Waals surface area contributed by atoms with Gasteiger partial charge in [-0.15, -0.1) is 11.3 Å². The van der Waals surface area contributed by atoms with Crippen LogP contribution < -0.4 is 10.6 Å². The van der Waals surface area contributed by atoms with E-state index in [1.165, 1.54) is 18.7 Å². The lowest BCUT2D eigenvalue weighted by Crippen LogP contribution is -2.14. The predicted octanol–water partition coefficient (Wildman–Crippen LogP) is 5.05. The summed E-state index contributed by atoms with van der Waals surface area (Å²) in [7, 11) is 0. The minimum atomic E-state index is -0.161. The fourth-order valence-electron chi connectivity index (χ4n) is 2.88. The SMILES string of the molecule is CC(=O)Nc1cccc(NC(=O)CSc2nc(-c3cccs3)nc3ccccc23)c1. The first-order valence-corrected chi connectivity index (χ1v) is 11.1. The lowest BCUT2D eigenvalue weighted by atomic mass is 10.2. The van der Waals surface area contributed by atoms with Crippen molar-refractivity contribution < 1.29 is 9.59 Å². The van der Waals surface area contributed by atoms with Crippen molar-refractivity contribution in [2.75, 3.05) is 16.4 Å². The van der Waals surface area contributed by atoms with E-state index in [1.54, 1.807) is 35.6 Å². The quantitative estimate of drug-likeness (QED) is 0.328. The van der Waals surface area contributed by atoms with Crippen LogP contribution in [0.15, 0.2) is 71.1 Å². The molecule has 0 aliphatic carbocycles. The van der Waals surface area contributed by atoms with E-state index < -0.39 is 0 Å². The number of amides is 2. The van der Waals surface area contributed by atoms with Crippen LogP contribution in [0.2, 0.25) is 0 Å². The highest BCUT2D eigenvalue weighted by atomic mass is 32.2. The lowest BCUT2D eigenvalue weighted by molar-refractivity contribution is -0.114. The van der Waals surface area contributed by atoms with Crippen LogP contribution >= 0.6 is 23.1 Å². The lowest BCUT2D eigenvalue weighted by Gasteiger charge is -2.09. The van der Waals surface area contributed by atoms with Crippen molar-refractivity contribution >= 4 is 57.2 Å². The molecule has 2 heterocycles. The van der Waals surface area contributed by atoms with E-state index in [2.05, 4.69) is 15.6 Å². The van der Waals surface area contributed by atoms with Crippen LogP contribution in [0, 0.1) is 0 Å². The second kappa shape index (κ2) is 9.06. The van der Waals surface area contributed by atoms with E-state index in [9.17, 15) is 9.59 Å². The van der Waals surface area contributed by atoms with Crippen LogP contribution in [0.1, 0.15) is 6.92 Å². The zero-order valence-corrected chi connectivity index (χ0v) is 17.7. The number of rotatable bonds is 6. The van der Waals surface area contributed by atoms with E-state index >= 15 is 0 Å². The largest absolute Gasteiger partial charge is 0.326 e. The van der Waals surface area contributed by atoms with E-state index in [-0.39, 0.29) is 17.6 Å². The molecule has 2 aromatic heterocycles. The minimum Gasteiger partial charge on any atom is -0.326 e. The summed E-state index contributed by atoms with van der Waals surface area (Å²) >= 11 is 2.96. The molecule has 6 nitrogen and oxygen atoms in total. The summed E-state index contributed by atoms with van der Waals surface area (Å²) in [6.07, 6.45) is 0. The van der Waals surface area contributed by atoms with Crippen LogP contribution in [0.5, 0.6) is 0 Å². The number of carbonyl (C=O) groups is 2. The molecule has 0 unspecified atom stereocenters. The molecule has 8 heteroatoms. The number of thiophene rings is 1. The Kier molecular flexibility index (Phi) is 6.06. The Morgan fingerprint density at radius 1 is 0.967 bits per heavy atom. The Bertz CT molecular complexity index is 1210. The van der Waals surface area contributed by atoms with E-state index in [4.69, 9.17) is 4.98 Å². The zero-order valence-electron chi connectivity index (χ0n) is 16.1. The highest BCUT2D eigenvalue weighted by Gasteiger charge is 2.12. The van der Waals surface area contributed by atoms with Gasteiger partial charge in [-0.2, -0.15) is 0 Å². The summed E-state index contributed by atoms with van der Waals surface area (Å²) < 4.78 is 0. The van der Waals surface area contributed by atoms with Crippen molar-refractivity contribution in [3.63, 3.8) is 0 Å². The molecule has 0 bridgehead atoms. The summed E-state index contributed by atoms with van der Waals surface area (Å²) in [6.45, 7) is 1.44. The molecule has 0 aliphatic heterocycles. The summed E-state index contributed by atoms with van der Waals surface area (Å²) in [5.74, 6) is 0.552. The number of para-hydroxylation sites is 1. The van der Waals surface area contributed by atoms with Crippen LogP contribution in [0.4, 0.5) is 11.4 Å². The number of hydrogen-bond acceptors (Lipinski definition) is 6. The molecular weight excluding hydrogens is 416 g/mol. The van der Waals surface area contributed by atoms with Gasteiger partial charge >= 0.3 is 0 Å². The smallest absolute Gasteiger partial charge is 0.234 e. The number of nitrogens with one attached hydrogen (secondary N) is 2. The summed E-state index contributed by atoms with van der Waals surface area (Å²) in [6, 6.07) is 18.8. The number of fused-ring (bicyclic) bond motifs is 1. The maximum absolute atomic E-state index is 12.5. The van der Waals surface area contributed by atoms with E-state index in [0.717, 1.165) is 20.8 Å². The second-order valence-electron chi connectivity index (χ2n) is 6.45. The Labute approximate surface area is 181 Å². The highest BCUT2D eigenvalue weighted by molar-refractivity contribution is 8.00. The minimum absolute atomic E-state index is 0.152. The first-order chi connectivity index (χ1) is 14.6. The van der Waals surface area contributed by atoms with Gasteiger partial charge in [0.25, 0.3) is 0 Å². The van der Waals surface area contributed by atoms with Crippen LogP contribution in [0.3, 0.4) is 0 Å². The number of nitrogens with zero attached hydrogens (tertiary/aromatic N) is 2. The normalized spacial score (nSPS) is 10.7.